The molecule has 0 saturated carbocycles. The zero-order chi connectivity index (χ0) is 13.1. The van der Waals surface area contributed by atoms with E-state index < -0.39 is 6.10 Å². The summed E-state index contributed by atoms with van der Waals surface area (Å²) >= 11 is 0. The molecule has 0 aliphatic rings. The second-order valence-electron chi connectivity index (χ2n) is 4.56. The second kappa shape index (κ2) is 5.24. The molecule has 0 amide bonds. The van der Waals surface area contributed by atoms with E-state index in [0.717, 1.165) is 28.6 Å². The highest BCUT2D eigenvalue weighted by Gasteiger charge is 2.12. The van der Waals surface area contributed by atoms with E-state index in [4.69, 9.17) is 4.42 Å². The largest absolute Gasteiger partial charge is 0.469 e. The molecule has 1 atom stereocenters. The number of benzene rings is 1. The fraction of sp³-hybridized carbons (Fsp3) is 0.188. The summed E-state index contributed by atoms with van der Waals surface area (Å²) in [4.78, 5) is 4.36. The molecule has 0 aliphatic carbocycles. The first-order chi connectivity index (χ1) is 9.34. The van der Waals surface area contributed by atoms with Crippen molar-refractivity contribution in [3.05, 3.63) is 66.2 Å². The maximum atomic E-state index is 10.3. The van der Waals surface area contributed by atoms with Gasteiger partial charge in [0.25, 0.3) is 0 Å². The highest BCUT2D eigenvalue weighted by atomic mass is 16.3. The van der Waals surface area contributed by atoms with E-state index in [1.54, 1.807) is 12.5 Å². The van der Waals surface area contributed by atoms with Crippen LogP contribution in [-0.4, -0.2) is 10.1 Å². The van der Waals surface area contributed by atoms with Crippen LogP contribution in [0.15, 0.2) is 59.3 Å². The Hall–Kier alpha value is -2.13. The standard InChI is InChI=1S/C16H15NO2/c18-15(9-8-13-6-3-11-19-13)14-7-1-4-12-5-2-10-17-16(12)14/h1-7,10-11,15,18H,8-9H2. The Kier molecular flexibility index (Phi) is 3.29. The third-order valence-corrected chi connectivity index (χ3v) is 3.27. The minimum Gasteiger partial charge on any atom is -0.469 e. The predicted octanol–water partition coefficient (Wildman–Crippen LogP) is 3.49. The van der Waals surface area contributed by atoms with Crippen molar-refractivity contribution >= 4 is 10.9 Å². The molecule has 1 aromatic carbocycles. The molecular formula is C16H15NO2. The van der Waals surface area contributed by atoms with Gasteiger partial charge in [-0.3, -0.25) is 4.98 Å². The minimum absolute atomic E-state index is 0.524. The van der Waals surface area contributed by atoms with Crippen LogP contribution in [0, 0.1) is 0 Å². The summed E-state index contributed by atoms with van der Waals surface area (Å²) < 4.78 is 5.28. The van der Waals surface area contributed by atoms with Crippen LogP contribution in [0.2, 0.25) is 0 Å². The quantitative estimate of drug-likeness (QED) is 0.774. The monoisotopic (exact) mass is 253 g/mol. The van der Waals surface area contributed by atoms with Gasteiger partial charge in [0.2, 0.25) is 0 Å². The molecule has 0 bridgehead atoms. The van der Waals surface area contributed by atoms with Crippen molar-refractivity contribution in [2.75, 3.05) is 0 Å². The number of pyridine rings is 1. The number of hydrogen-bond donors (Lipinski definition) is 1. The average molecular weight is 253 g/mol. The van der Waals surface area contributed by atoms with E-state index in [0.29, 0.717) is 6.42 Å². The Labute approximate surface area is 111 Å². The average Bonchev–Trinajstić information content (AvgIpc) is 2.97. The van der Waals surface area contributed by atoms with Gasteiger partial charge < -0.3 is 9.52 Å². The molecule has 1 N–H and O–H groups in total. The summed E-state index contributed by atoms with van der Waals surface area (Å²) in [5.41, 5.74) is 1.75. The molecular weight excluding hydrogens is 238 g/mol. The Morgan fingerprint density at radius 3 is 2.84 bits per heavy atom. The summed E-state index contributed by atoms with van der Waals surface area (Å²) in [6, 6.07) is 13.6. The second-order valence-corrected chi connectivity index (χ2v) is 4.56. The van der Waals surface area contributed by atoms with E-state index in [1.165, 1.54) is 0 Å². The lowest BCUT2D eigenvalue weighted by atomic mass is 10.0. The number of aliphatic hydroxyl groups is 1. The van der Waals surface area contributed by atoms with E-state index in [2.05, 4.69) is 4.98 Å². The summed E-state index contributed by atoms with van der Waals surface area (Å²) in [7, 11) is 0. The van der Waals surface area contributed by atoms with Crippen LogP contribution in [0.1, 0.15) is 23.8 Å². The van der Waals surface area contributed by atoms with Gasteiger partial charge >= 0.3 is 0 Å². The van der Waals surface area contributed by atoms with Gasteiger partial charge in [0.1, 0.15) is 5.76 Å². The lowest BCUT2D eigenvalue weighted by Gasteiger charge is -2.12. The van der Waals surface area contributed by atoms with Crippen molar-refractivity contribution in [1.29, 1.82) is 0 Å². The van der Waals surface area contributed by atoms with E-state index in [9.17, 15) is 5.11 Å². The van der Waals surface area contributed by atoms with Crippen LogP contribution >= 0.6 is 0 Å². The predicted molar refractivity (Wildman–Crippen MR) is 73.7 cm³/mol. The molecule has 2 heterocycles. The van der Waals surface area contributed by atoms with Gasteiger partial charge in [-0.2, -0.15) is 0 Å². The molecule has 3 aromatic rings. The molecule has 0 fully saturated rings. The maximum Gasteiger partial charge on any atom is 0.103 e. The maximum absolute atomic E-state index is 10.3. The lowest BCUT2D eigenvalue weighted by molar-refractivity contribution is 0.167. The molecule has 0 aliphatic heterocycles. The molecule has 0 saturated heterocycles. The van der Waals surface area contributed by atoms with Crippen molar-refractivity contribution in [1.82, 2.24) is 4.98 Å². The van der Waals surface area contributed by atoms with Crippen molar-refractivity contribution in [3.63, 3.8) is 0 Å². The van der Waals surface area contributed by atoms with Crippen molar-refractivity contribution in [2.24, 2.45) is 0 Å². The molecule has 0 radical (unpaired) electrons. The van der Waals surface area contributed by atoms with E-state index in [-0.39, 0.29) is 0 Å². The van der Waals surface area contributed by atoms with Crippen LogP contribution in [0.3, 0.4) is 0 Å². The third-order valence-electron chi connectivity index (χ3n) is 3.27. The number of nitrogens with zero attached hydrogens (tertiary/aromatic N) is 1. The first-order valence-electron chi connectivity index (χ1n) is 6.39. The Morgan fingerprint density at radius 2 is 2.00 bits per heavy atom. The van der Waals surface area contributed by atoms with Gasteiger partial charge in [-0.15, -0.1) is 0 Å². The SMILES string of the molecule is OC(CCc1ccco1)c1cccc2cccnc12. The number of para-hydroxylation sites is 1. The number of rotatable bonds is 4. The lowest BCUT2D eigenvalue weighted by Crippen LogP contribution is -2.01. The highest BCUT2D eigenvalue weighted by molar-refractivity contribution is 5.81. The molecule has 19 heavy (non-hydrogen) atoms. The van der Waals surface area contributed by atoms with Crippen LogP contribution in [0.4, 0.5) is 0 Å². The summed E-state index contributed by atoms with van der Waals surface area (Å²) in [5, 5.41) is 11.4. The number of fused-ring (bicyclic) bond motifs is 1. The number of furan rings is 1. The molecule has 3 heteroatoms. The molecule has 2 aromatic heterocycles. The van der Waals surface area contributed by atoms with Crippen LogP contribution in [0.25, 0.3) is 10.9 Å². The van der Waals surface area contributed by atoms with Gasteiger partial charge in [0.05, 0.1) is 17.9 Å². The Morgan fingerprint density at radius 1 is 1.11 bits per heavy atom. The Bertz CT molecular complexity index is 656. The number of aromatic nitrogens is 1. The fourth-order valence-corrected chi connectivity index (χ4v) is 2.29. The number of aliphatic hydroxyl groups excluding tert-OH is 1. The van der Waals surface area contributed by atoms with Gasteiger partial charge in [-0.1, -0.05) is 24.3 Å². The van der Waals surface area contributed by atoms with Crippen molar-refractivity contribution in [2.45, 2.75) is 18.9 Å². The van der Waals surface area contributed by atoms with Crippen LogP contribution in [0.5, 0.6) is 0 Å². The van der Waals surface area contributed by atoms with Gasteiger partial charge in [0.15, 0.2) is 0 Å². The summed E-state index contributed by atoms with van der Waals surface area (Å²) in [5.74, 6) is 0.896. The smallest absolute Gasteiger partial charge is 0.103 e. The molecule has 1 unspecified atom stereocenters. The fourth-order valence-electron chi connectivity index (χ4n) is 2.29. The first kappa shape index (κ1) is 11.9. The normalized spacial score (nSPS) is 12.7. The third kappa shape index (κ3) is 2.51. The topological polar surface area (TPSA) is 46.3 Å². The molecule has 96 valence electrons. The zero-order valence-corrected chi connectivity index (χ0v) is 10.5. The van der Waals surface area contributed by atoms with E-state index in [1.807, 2.05) is 42.5 Å². The van der Waals surface area contributed by atoms with Crippen LogP contribution < -0.4 is 0 Å². The Balaban J connectivity index is 1.83. The first-order valence-corrected chi connectivity index (χ1v) is 6.39. The van der Waals surface area contributed by atoms with Crippen molar-refractivity contribution in [3.8, 4) is 0 Å². The highest BCUT2D eigenvalue weighted by Crippen LogP contribution is 2.25. The van der Waals surface area contributed by atoms with Crippen LogP contribution in [-0.2, 0) is 6.42 Å². The van der Waals surface area contributed by atoms with Crippen molar-refractivity contribution < 1.29 is 9.52 Å². The van der Waals surface area contributed by atoms with E-state index >= 15 is 0 Å². The number of aryl methyl sites for hydroxylation is 1. The summed E-state index contributed by atoms with van der Waals surface area (Å²) in [6.45, 7) is 0. The summed E-state index contributed by atoms with van der Waals surface area (Å²) in [6.07, 6.45) is 4.23. The number of hydrogen-bond acceptors (Lipinski definition) is 3. The molecule has 0 spiro atoms. The molecule has 3 rings (SSSR count). The van der Waals surface area contributed by atoms with Gasteiger partial charge in [-0.05, 0) is 24.6 Å². The minimum atomic E-state index is -0.524. The van der Waals surface area contributed by atoms with Gasteiger partial charge in [-0.25, -0.2) is 0 Å². The van der Waals surface area contributed by atoms with Gasteiger partial charge in [0, 0.05) is 23.6 Å². The molecule has 3 nitrogen and oxygen atoms in total. The zero-order valence-electron chi connectivity index (χ0n) is 10.5.